The number of nitrogens with one attached hydrogen (secondary N) is 1. The summed E-state index contributed by atoms with van der Waals surface area (Å²) in [6, 6.07) is 27.3. The Morgan fingerprint density at radius 3 is 2.50 bits per heavy atom. The van der Waals surface area contributed by atoms with Crippen molar-refractivity contribution in [2.24, 2.45) is 0 Å². The topological polar surface area (TPSA) is 62.1 Å². The molecule has 0 saturated heterocycles. The summed E-state index contributed by atoms with van der Waals surface area (Å²) in [6.07, 6.45) is 1.57. The molecule has 0 saturated carbocycles. The van der Waals surface area contributed by atoms with Gasteiger partial charge in [-0.1, -0.05) is 58.4 Å². The Labute approximate surface area is 228 Å². The molecule has 0 bridgehead atoms. The number of amides is 1. The number of carbonyl (C=O) groups excluding carboxylic acids is 1. The Hall–Kier alpha value is -2.67. The molecule has 4 aromatic rings. The number of rotatable bonds is 6. The second-order valence-corrected chi connectivity index (χ2v) is 10.3. The molecule has 4 aromatic carbocycles. The van der Waals surface area contributed by atoms with E-state index in [0.717, 1.165) is 29.0 Å². The Morgan fingerprint density at radius 2 is 1.76 bits per heavy atom. The summed E-state index contributed by atoms with van der Waals surface area (Å²) >= 11 is 9.14. The van der Waals surface area contributed by atoms with Crippen LogP contribution in [0.3, 0.4) is 0 Å². The van der Waals surface area contributed by atoms with E-state index in [-0.39, 0.29) is 5.57 Å². The van der Waals surface area contributed by atoms with E-state index in [4.69, 9.17) is 4.74 Å². The van der Waals surface area contributed by atoms with Crippen molar-refractivity contribution in [3.05, 3.63) is 108 Å². The van der Waals surface area contributed by atoms with Gasteiger partial charge in [-0.05, 0) is 103 Å². The maximum Gasteiger partial charge on any atom is 0.266 e. The van der Waals surface area contributed by atoms with Crippen LogP contribution in [-0.4, -0.2) is 5.91 Å². The normalized spacial score (nSPS) is 11.2. The van der Waals surface area contributed by atoms with E-state index in [1.54, 1.807) is 18.2 Å². The minimum absolute atomic E-state index is 0.00930. The summed E-state index contributed by atoms with van der Waals surface area (Å²) in [5.74, 6) is 0.246. The number of fused-ring (bicyclic) bond motifs is 1. The first-order valence-electron chi connectivity index (χ1n) is 10.2. The van der Waals surface area contributed by atoms with E-state index < -0.39 is 5.91 Å². The van der Waals surface area contributed by atoms with Crippen molar-refractivity contribution in [3.8, 4) is 11.8 Å². The zero-order valence-electron chi connectivity index (χ0n) is 17.7. The summed E-state index contributed by atoms with van der Waals surface area (Å²) in [5, 5.41) is 14.6. The largest absolute Gasteiger partial charge is 0.487 e. The number of hydrogen-bond donors (Lipinski definition) is 1. The van der Waals surface area contributed by atoms with E-state index >= 15 is 0 Å². The Balaban J connectivity index is 1.53. The molecule has 1 amide bonds. The average molecular weight is 688 g/mol. The van der Waals surface area contributed by atoms with Crippen LogP contribution in [0.1, 0.15) is 11.1 Å². The van der Waals surface area contributed by atoms with Crippen molar-refractivity contribution in [2.75, 3.05) is 5.32 Å². The quantitative estimate of drug-likeness (QED) is 0.127. The minimum atomic E-state index is -0.466. The monoisotopic (exact) mass is 686 g/mol. The van der Waals surface area contributed by atoms with Crippen molar-refractivity contribution in [1.29, 1.82) is 5.26 Å². The van der Waals surface area contributed by atoms with E-state index in [2.05, 4.69) is 84.0 Å². The number of hydrogen-bond acceptors (Lipinski definition) is 3. The molecule has 0 radical (unpaired) electrons. The second-order valence-electron chi connectivity index (χ2n) is 7.37. The molecule has 0 aliphatic carbocycles. The first-order valence-corrected chi connectivity index (χ1v) is 12.9. The highest BCUT2D eigenvalue weighted by Crippen LogP contribution is 2.34. The number of nitriles is 1. The third-order valence-corrected chi connectivity index (χ3v) is 6.97. The highest BCUT2D eigenvalue weighted by atomic mass is 127. The maximum absolute atomic E-state index is 12.6. The van der Waals surface area contributed by atoms with Crippen LogP contribution in [0.5, 0.6) is 5.75 Å². The Morgan fingerprint density at radius 1 is 1.03 bits per heavy atom. The highest BCUT2D eigenvalue weighted by Gasteiger charge is 2.13. The third kappa shape index (κ3) is 5.87. The second kappa shape index (κ2) is 11.2. The lowest BCUT2D eigenvalue weighted by molar-refractivity contribution is -0.112. The molecule has 34 heavy (non-hydrogen) atoms. The number of carbonyl (C=O) groups is 1. The number of nitrogens with zero attached hydrogens (tertiary/aromatic N) is 1. The molecule has 0 heterocycles. The molecule has 1 N–H and O–H groups in total. The number of benzene rings is 4. The smallest absolute Gasteiger partial charge is 0.266 e. The van der Waals surface area contributed by atoms with Crippen LogP contribution in [0.25, 0.3) is 16.8 Å². The van der Waals surface area contributed by atoms with E-state index in [1.807, 2.05) is 48.5 Å². The van der Waals surface area contributed by atoms with Crippen LogP contribution in [0.15, 0.2) is 93.4 Å². The molecule has 0 aliphatic heterocycles. The molecule has 0 aromatic heterocycles. The number of anilines is 1. The van der Waals surface area contributed by atoms with Gasteiger partial charge in [0.15, 0.2) is 0 Å². The van der Waals surface area contributed by atoms with Gasteiger partial charge < -0.3 is 10.1 Å². The van der Waals surface area contributed by atoms with Gasteiger partial charge in [0.05, 0.1) is 8.04 Å². The molecule has 7 heteroatoms. The molecule has 0 aliphatic rings. The zero-order valence-corrected chi connectivity index (χ0v) is 23.0. The summed E-state index contributed by atoms with van der Waals surface area (Å²) in [4.78, 5) is 12.6. The minimum Gasteiger partial charge on any atom is -0.487 e. The average Bonchev–Trinajstić information content (AvgIpc) is 2.83. The van der Waals surface area contributed by atoms with Gasteiger partial charge in [-0.3, -0.25) is 4.79 Å². The predicted molar refractivity (Wildman–Crippen MR) is 152 cm³/mol. The summed E-state index contributed by atoms with van der Waals surface area (Å²) in [5.41, 5.74) is 2.44. The first-order chi connectivity index (χ1) is 16.4. The molecule has 0 atom stereocenters. The maximum atomic E-state index is 12.6. The fourth-order valence-electron chi connectivity index (χ4n) is 3.42. The molecule has 4 nitrogen and oxygen atoms in total. The van der Waals surface area contributed by atoms with Crippen LogP contribution in [0, 0.1) is 14.9 Å². The van der Waals surface area contributed by atoms with Gasteiger partial charge in [-0.2, -0.15) is 5.26 Å². The summed E-state index contributed by atoms with van der Waals surface area (Å²) < 4.78 is 8.68. The fourth-order valence-corrected chi connectivity index (χ4v) is 5.45. The lowest BCUT2D eigenvalue weighted by Crippen LogP contribution is -2.13. The summed E-state index contributed by atoms with van der Waals surface area (Å²) in [7, 11) is 0. The zero-order chi connectivity index (χ0) is 24.1. The number of halogens is 3. The van der Waals surface area contributed by atoms with Crippen molar-refractivity contribution in [2.45, 2.75) is 6.61 Å². The molecule has 0 fully saturated rings. The Bertz CT molecular complexity index is 1420. The lowest BCUT2D eigenvalue weighted by Gasteiger charge is -2.13. The molecule has 168 valence electrons. The van der Waals surface area contributed by atoms with Crippen LogP contribution in [0.4, 0.5) is 5.69 Å². The van der Waals surface area contributed by atoms with Crippen LogP contribution in [0.2, 0.25) is 0 Å². The standard InChI is InChI=1S/C27H17Br2IN2O2/c28-21-8-10-22(11-9-21)32-27(33)20(15-31)12-17-13-24(29)26(25(30)14-17)34-16-19-6-3-5-18-4-1-2-7-23(18)19/h1-14H,16H2,(H,32,33)/b20-12-. The van der Waals surface area contributed by atoms with E-state index in [1.165, 1.54) is 5.39 Å². The van der Waals surface area contributed by atoms with Crippen molar-refractivity contribution < 1.29 is 9.53 Å². The van der Waals surface area contributed by atoms with Gasteiger partial charge in [-0.15, -0.1) is 0 Å². The van der Waals surface area contributed by atoms with E-state index in [0.29, 0.717) is 18.0 Å². The lowest BCUT2D eigenvalue weighted by atomic mass is 10.1. The highest BCUT2D eigenvalue weighted by molar-refractivity contribution is 14.1. The van der Waals surface area contributed by atoms with Gasteiger partial charge >= 0.3 is 0 Å². The van der Waals surface area contributed by atoms with Crippen molar-refractivity contribution in [3.63, 3.8) is 0 Å². The molecular formula is C27H17Br2IN2O2. The molecule has 0 unspecified atom stereocenters. The fraction of sp³-hybridized carbons (Fsp3) is 0.0370. The van der Waals surface area contributed by atoms with Gasteiger partial charge in [0.1, 0.15) is 24.0 Å². The van der Waals surface area contributed by atoms with E-state index in [9.17, 15) is 10.1 Å². The van der Waals surface area contributed by atoms with Crippen LogP contribution in [-0.2, 0) is 11.4 Å². The number of ether oxygens (including phenoxy) is 1. The van der Waals surface area contributed by atoms with Gasteiger partial charge in [-0.25, -0.2) is 0 Å². The molecular weight excluding hydrogens is 671 g/mol. The van der Waals surface area contributed by atoms with Gasteiger partial charge in [0, 0.05) is 10.2 Å². The predicted octanol–water partition coefficient (Wildman–Crippen LogP) is 8.09. The first kappa shape index (κ1) is 24.5. The van der Waals surface area contributed by atoms with Gasteiger partial charge in [0.2, 0.25) is 0 Å². The Kier molecular flexibility index (Phi) is 8.03. The molecule has 0 spiro atoms. The SMILES string of the molecule is N#C/C(=C/c1cc(Br)c(OCc2cccc3ccccc23)c(I)c1)C(=O)Nc1ccc(Br)cc1. The summed E-state index contributed by atoms with van der Waals surface area (Å²) in [6.45, 7) is 0.421. The van der Waals surface area contributed by atoms with Crippen LogP contribution >= 0.6 is 54.5 Å². The van der Waals surface area contributed by atoms with Gasteiger partial charge in [0.25, 0.3) is 5.91 Å². The third-order valence-electron chi connectivity index (χ3n) is 5.05. The molecule has 4 rings (SSSR count). The van der Waals surface area contributed by atoms with Crippen LogP contribution < -0.4 is 10.1 Å². The van der Waals surface area contributed by atoms with Crippen molar-refractivity contribution in [1.82, 2.24) is 0 Å². The van der Waals surface area contributed by atoms with Crippen molar-refractivity contribution >= 4 is 82.9 Å².